The molecule has 0 radical (unpaired) electrons. The number of hydrogen-bond donors (Lipinski definition) is 1. The standard InChI is InChI=1S/C26H27NO4/c1-17-23(26(29)31-15-14-18-8-4-3-5-9-18)24(19-10-6-11-20(16-19)30-2)25-21(27-17)12-7-13-22(25)28/h3-6,8-11,16,24,27H,7,12-15H2,1-2H3/t24-/m1/s1. The third-order valence-electron chi connectivity index (χ3n) is 5.89. The number of ketones is 1. The zero-order chi connectivity index (χ0) is 21.8. The van der Waals surface area contributed by atoms with Gasteiger partial charge in [-0.1, -0.05) is 42.5 Å². The first-order chi connectivity index (χ1) is 15.1. The monoisotopic (exact) mass is 417 g/mol. The van der Waals surface area contributed by atoms with Gasteiger partial charge in [0, 0.05) is 35.7 Å². The fraction of sp³-hybridized carbons (Fsp3) is 0.308. The predicted molar refractivity (Wildman–Crippen MR) is 119 cm³/mol. The van der Waals surface area contributed by atoms with Crippen LogP contribution in [0.1, 0.15) is 43.2 Å². The molecule has 0 saturated heterocycles. The van der Waals surface area contributed by atoms with Gasteiger partial charge >= 0.3 is 5.97 Å². The maximum atomic E-state index is 13.2. The van der Waals surface area contributed by atoms with Crippen molar-refractivity contribution in [3.05, 3.63) is 88.3 Å². The summed E-state index contributed by atoms with van der Waals surface area (Å²) in [6, 6.07) is 17.5. The fourth-order valence-corrected chi connectivity index (χ4v) is 4.39. The number of ether oxygens (including phenoxy) is 2. The number of carbonyl (C=O) groups is 2. The summed E-state index contributed by atoms with van der Waals surface area (Å²) in [5.74, 6) is -0.0680. The van der Waals surface area contributed by atoms with Crippen LogP contribution >= 0.6 is 0 Å². The summed E-state index contributed by atoms with van der Waals surface area (Å²) in [5.41, 5.74) is 4.81. The van der Waals surface area contributed by atoms with Crippen molar-refractivity contribution < 1.29 is 19.1 Å². The lowest BCUT2D eigenvalue weighted by Gasteiger charge is -2.34. The van der Waals surface area contributed by atoms with Gasteiger partial charge in [-0.2, -0.15) is 0 Å². The molecule has 2 aliphatic rings. The Morgan fingerprint density at radius 1 is 1.10 bits per heavy atom. The second-order valence-corrected chi connectivity index (χ2v) is 7.91. The Bertz CT molecular complexity index is 1050. The average Bonchev–Trinajstić information content (AvgIpc) is 2.79. The number of allylic oxidation sites excluding steroid dienone is 3. The normalized spacial score (nSPS) is 18.4. The van der Waals surface area contributed by atoms with Gasteiger partial charge in [0.15, 0.2) is 5.78 Å². The highest BCUT2D eigenvalue weighted by molar-refractivity contribution is 6.03. The van der Waals surface area contributed by atoms with Crippen molar-refractivity contribution in [3.63, 3.8) is 0 Å². The molecule has 0 spiro atoms. The van der Waals surface area contributed by atoms with Crippen molar-refractivity contribution >= 4 is 11.8 Å². The Morgan fingerprint density at radius 2 is 1.90 bits per heavy atom. The number of hydrogen-bond acceptors (Lipinski definition) is 5. The van der Waals surface area contributed by atoms with E-state index in [4.69, 9.17) is 9.47 Å². The second-order valence-electron chi connectivity index (χ2n) is 7.91. The van der Waals surface area contributed by atoms with E-state index in [0.29, 0.717) is 29.7 Å². The summed E-state index contributed by atoms with van der Waals surface area (Å²) in [7, 11) is 1.61. The molecule has 0 unspecified atom stereocenters. The van der Waals surface area contributed by atoms with Crippen molar-refractivity contribution in [3.8, 4) is 5.75 Å². The molecule has 1 atom stereocenters. The second kappa shape index (κ2) is 9.21. The highest BCUT2D eigenvalue weighted by atomic mass is 16.5. The Morgan fingerprint density at radius 3 is 2.68 bits per heavy atom. The van der Waals surface area contributed by atoms with Gasteiger partial charge < -0.3 is 14.8 Å². The van der Waals surface area contributed by atoms with Crippen LogP contribution in [0, 0.1) is 0 Å². The van der Waals surface area contributed by atoms with E-state index in [9.17, 15) is 9.59 Å². The van der Waals surface area contributed by atoms with Crippen LogP contribution in [0.15, 0.2) is 77.1 Å². The smallest absolute Gasteiger partial charge is 0.336 e. The van der Waals surface area contributed by atoms with Crippen LogP contribution in [0.25, 0.3) is 0 Å². The van der Waals surface area contributed by atoms with E-state index in [0.717, 1.165) is 35.4 Å². The lowest BCUT2D eigenvalue weighted by Crippen LogP contribution is -2.34. The zero-order valence-electron chi connectivity index (χ0n) is 17.9. The first kappa shape index (κ1) is 20.9. The van der Waals surface area contributed by atoms with Crippen molar-refractivity contribution in [2.75, 3.05) is 13.7 Å². The number of carbonyl (C=O) groups excluding carboxylic acids is 2. The molecule has 0 bridgehead atoms. The van der Waals surface area contributed by atoms with E-state index in [1.165, 1.54) is 0 Å². The summed E-state index contributed by atoms with van der Waals surface area (Å²) in [6.45, 7) is 2.16. The molecule has 2 aromatic rings. The quantitative estimate of drug-likeness (QED) is 0.704. The molecule has 0 fully saturated rings. The molecule has 5 heteroatoms. The fourth-order valence-electron chi connectivity index (χ4n) is 4.39. The molecule has 0 amide bonds. The predicted octanol–water partition coefficient (Wildman–Crippen LogP) is 4.45. The highest BCUT2D eigenvalue weighted by Crippen LogP contribution is 2.43. The first-order valence-corrected chi connectivity index (χ1v) is 10.7. The Labute approximate surface area is 182 Å². The molecular formula is C26H27NO4. The van der Waals surface area contributed by atoms with Crippen molar-refractivity contribution in [2.24, 2.45) is 0 Å². The van der Waals surface area contributed by atoms with E-state index >= 15 is 0 Å². The van der Waals surface area contributed by atoms with E-state index in [2.05, 4.69) is 5.32 Å². The largest absolute Gasteiger partial charge is 0.497 e. The van der Waals surface area contributed by atoms with Crippen molar-refractivity contribution in [2.45, 2.75) is 38.5 Å². The third-order valence-corrected chi connectivity index (χ3v) is 5.89. The number of rotatable bonds is 6. The van der Waals surface area contributed by atoms with Gasteiger partial charge in [-0.15, -0.1) is 0 Å². The molecule has 1 N–H and O–H groups in total. The van der Waals surface area contributed by atoms with Crippen LogP contribution in [0.2, 0.25) is 0 Å². The van der Waals surface area contributed by atoms with Gasteiger partial charge in [0.05, 0.1) is 19.3 Å². The van der Waals surface area contributed by atoms with Crippen LogP contribution < -0.4 is 10.1 Å². The van der Waals surface area contributed by atoms with Crippen LogP contribution in [-0.4, -0.2) is 25.5 Å². The summed E-state index contributed by atoms with van der Waals surface area (Å²) < 4.78 is 11.1. The lowest BCUT2D eigenvalue weighted by molar-refractivity contribution is -0.139. The lowest BCUT2D eigenvalue weighted by atomic mass is 9.75. The van der Waals surface area contributed by atoms with E-state index < -0.39 is 11.9 Å². The molecule has 2 aromatic carbocycles. The minimum atomic E-state index is -0.455. The Balaban J connectivity index is 1.65. The minimum Gasteiger partial charge on any atom is -0.497 e. The van der Waals surface area contributed by atoms with Gasteiger partial charge in [0.25, 0.3) is 0 Å². The van der Waals surface area contributed by atoms with E-state index in [1.807, 2.05) is 61.5 Å². The van der Waals surface area contributed by atoms with Gasteiger partial charge in [-0.25, -0.2) is 4.79 Å². The molecule has 0 saturated carbocycles. The maximum absolute atomic E-state index is 13.2. The van der Waals surface area contributed by atoms with Gasteiger partial charge in [0.2, 0.25) is 0 Å². The third kappa shape index (κ3) is 4.41. The van der Waals surface area contributed by atoms with Crippen LogP contribution in [-0.2, 0) is 20.7 Å². The van der Waals surface area contributed by atoms with Gasteiger partial charge in [-0.05, 0) is 43.0 Å². The molecule has 1 heterocycles. The van der Waals surface area contributed by atoms with E-state index in [1.54, 1.807) is 7.11 Å². The Kier molecular flexibility index (Phi) is 6.21. The SMILES string of the molecule is COc1cccc([C@@H]2C(C(=O)OCCc3ccccc3)=C(C)NC3=C2C(=O)CCC3)c1. The highest BCUT2D eigenvalue weighted by Gasteiger charge is 2.39. The van der Waals surface area contributed by atoms with Gasteiger partial charge in [0.1, 0.15) is 5.75 Å². The molecule has 4 rings (SSSR count). The first-order valence-electron chi connectivity index (χ1n) is 10.7. The summed E-state index contributed by atoms with van der Waals surface area (Å²) in [6.07, 6.45) is 2.76. The number of nitrogens with one attached hydrogen (secondary N) is 1. The zero-order valence-corrected chi connectivity index (χ0v) is 17.9. The number of dihydropyridines is 1. The molecule has 160 valence electrons. The number of methoxy groups -OCH3 is 1. The summed E-state index contributed by atoms with van der Waals surface area (Å²) in [5, 5.41) is 3.32. The van der Waals surface area contributed by atoms with Gasteiger partial charge in [-0.3, -0.25) is 4.79 Å². The molecular weight excluding hydrogens is 390 g/mol. The number of esters is 1. The number of Topliss-reactive ketones (excluding diaryl/α,β-unsaturated/α-hetero) is 1. The molecule has 0 aromatic heterocycles. The van der Waals surface area contributed by atoms with E-state index in [-0.39, 0.29) is 12.4 Å². The molecule has 5 nitrogen and oxygen atoms in total. The van der Waals surface area contributed by atoms with Crippen molar-refractivity contribution in [1.29, 1.82) is 0 Å². The summed E-state index contributed by atoms with van der Waals surface area (Å²) >= 11 is 0. The topological polar surface area (TPSA) is 64.6 Å². The molecule has 1 aliphatic heterocycles. The van der Waals surface area contributed by atoms with Crippen LogP contribution in [0.3, 0.4) is 0 Å². The van der Waals surface area contributed by atoms with Crippen molar-refractivity contribution in [1.82, 2.24) is 5.32 Å². The van der Waals surface area contributed by atoms with Crippen LogP contribution in [0.5, 0.6) is 5.75 Å². The summed E-state index contributed by atoms with van der Waals surface area (Å²) in [4.78, 5) is 26.2. The number of benzene rings is 2. The molecule has 1 aliphatic carbocycles. The average molecular weight is 418 g/mol. The maximum Gasteiger partial charge on any atom is 0.336 e. The Hall–Kier alpha value is -3.34. The molecule has 31 heavy (non-hydrogen) atoms. The van der Waals surface area contributed by atoms with Crippen LogP contribution in [0.4, 0.5) is 0 Å². The minimum absolute atomic E-state index is 0.0867.